The van der Waals surface area contributed by atoms with Crippen molar-refractivity contribution >= 4 is 5.91 Å². The van der Waals surface area contributed by atoms with Crippen LogP contribution in [0.4, 0.5) is 30.7 Å². The van der Waals surface area contributed by atoms with E-state index in [9.17, 15) is 35.5 Å². The maximum absolute atomic E-state index is 14.5. The van der Waals surface area contributed by atoms with Gasteiger partial charge in [0.25, 0.3) is 0 Å². The third kappa shape index (κ3) is 3.50. The Labute approximate surface area is 182 Å². The van der Waals surface area contributed by atoms with Crippen molar-refractivity contribution < 1.29 is 35.5 Å². The van der Waals surface area contributed by atoms with Crippen LogP contribution in [0.25, 0.3) is 0 Å². The van der Waals surface area contributed by atoms with Crippen LogP contribution in [-0.4, -0.2) is 35.7 Å². The van der Waals surface area contributed by atoms with Gasteiger partial charge in [0.05, 0.1) is 0 Å². The molecule has 4 rings (SSSR count). The number of hydrogen-bond acceptors (Lipinski definition) is 1. The molecule has 0 N–H and O–H groups in total. The highest BCUT2D eigenvalue weighted by Gasteiger charge is 2.73. The van der Waals surface area contributed by atoms with Crippen molar-refractivity contribution in [1.29, 1.82) is 0 Å². The Morgan fingerprint density at radius 3 is 2.19 bits per heavy atom. The molecule has 1 aromatic rings. The number of rotatable bonds is 2. The summed E-state index contributed by atoms with van der Waals surface area (Å²) in [5.74, 6) is -0.0589. The summed E-state index contributed by atoms with van der Waals surface area (Å²) in [6.07, 6.45) is -6.24. The van der Waals surface area contributed by atoms with Crippen molar-refractivity contribution in [2.75, 3.05) is 6.54 Å². The van der Waals surface area contributed by atoms with E-state index in [2.05, 4.69) is 0 Å². The summed E-state index contributed by atoms with van der Waals surface area (Å²) in [5, 5.41) is 0. The van der Waals surface area contributed by atoms with Crippen molar-refractivity contribution in [3.63, 3.8) is 0 Å². The molecule has 2 nitrogen and oxygen atoms in total. The van der Waals surface area contributed by atoms with Crippen LogP contribution in [0.2, 0.25) is 0 Å². The lowest BCUT2D eigenvalue weighted by atomic mass is 9.73. The van der Waals surface area contributed by atoms with Crippen LogP contribution in [0.1, 0.15) is 74.5 Å². The van der Waals surface area contributed by atoms with Gasteiger partial charge < -0.3 is 4.90 Å². The van der Waals surface area contributed by atoms with Gasteiger partial charge in [-0.1, -0.05) is 44.4 Å². The zero-order chi connectivity index (χ0) is 23.5. The van der Waals surface area contributed by atoms with Crippen LogP contribution < -0.4 is 0 Å². The van der Waals surface area contributed by atoms with Crippen LogP contribution in [-0.2, 0) is 16.9 Å². The number of halogens is 7. The van der Waals surface area contributed by atoms with Gasteiger partial charge in [-0.3, -0.25) is 4.79 Å². The molecule has 0 bridgehead atoms. The summed E-state index contributed by atoms with van der Waals surface area (Å²) in [4.78, 5) is 15.2. The molecular weight excluding hydrogens is 439 g/mol. The number of likely N-dealkylation sites (tertiary alicyclic amines) is 1. The number of nitrogens with zero attached hydrogens (tertiary/aromatic N) is 1. The van der Waals surface area contributed by atoms with E-state index in [1.165, 1.54) is 6.07 Å². The Morgan fingerprint density at radius 2 is 1.59 bits per heavy atom. The number of alkyl halides is 7. The first kappa shape index (κ1) is 23.4. The molecule has 1 saturated carbocycles. The fourth-order valence-corrected chi connectivity index (χ4v) is 5.91. The molecule has 1 saturated heterocycles. The first-order valence-corrected chi connectivity index (χ1v) is 11.1. The predicted molar refractivity (Wildman–Crippen MR) is 104 cm³/mol. The lowest BCUT2D eigenvalue weighted by Crippen LogP contribution is -2.50. The summed E-state index contributed by atoms with van der Waals surface area (Å²) in [5.41, 5.74) is -6.34. The smallest absolute Gasteiger partial charge is 0.339 e. The van der Waals surface area contributed by atoms with Crippen LogP contribution in [0, 0.1) is 5.41 Å². The highest BCUT2D eigenvalue weighted by molar-refractivity contribution is 5.83. The van der Waals surface area contributed by atoms with Crippen molar-refractivity contribution in [1.82, 2.24) is 4.90 Å². The van der Waals surface area contributed by atoms with E-state index in [0.29, 0.717) is 36.6 Å². The summed E-state index contributed by atoms with van der Waals surface area (Å²) in [6, 6.07) is 2.40. The third-order valence-electron chi connectivity index (χ3n) is 7.71. The molecule has 9 heteroatoms. The Bertz CT molecular complexity index is 871. The van der Waals surface area contributed by atoms with Gasteiger partial charge in [-0.2, -0.15) is 26.3 Å². The van der Waals surface area contributed by atoms with E-state index >= 15 is 0 Å². The Kier molecular flexibility index (Phi) is 5.56. The first-order valence-electron chi connectivity index (χ1n) is 11.1. The minimum Gasteiger partial charge on any atom is -0.339 e. The fraction of sp³-hybridized carbons (Fsp3) is 0.696. The summed E-state index contributed by atoms with van der Waals surface area (Å²) >= 11 is 0. The quantitative estimate of drug-likeness (QED) is 0.452. The third-order valence-corrected chi connectivity index (χ3v) is 7.71. The molecular formula is C23H26F7NO. The highest BCUT2D eigenvalue weighted by Crippen LogP contribution is 2.54. The van der Waals surface area contributed by atoms with Gasteiger partial charge in [-0.25, -0.2) is 4.39 Å². The maximum Gasteiger partial charge on any atom is 0.435 e. The van der Waals surface area contributed by atoms with Crippen LogP contribution in [0.15, 0.2) is 18.2 Å². The van der Waals surface area contributed by atoms with Crippen molar-refractivity contribution in [2.24, 2.45) is 5.41 Å². The molecule has 2 aliphatic carbocycles. The molecule has 2 atom stereocenters. The number of carbonyl (C=O) groups is 1. The molecule has 2 fully saturated rings. The highest BCUT2D eigenvalue weighted by atomic mass is 19.4. The normalized spacial score (nSPS) is 25.9. The summed E-state index contributed by atoms with van der Waals surface area (Å²) in [6.45, 7) is 2.50. The number of benzene rings is 1. The van der Waals surface area contributed by atoms with E-state index in [4.69, 9.17) is 0 Å². The lowest BCUT2D eigenvalue weighted by molar-refractivity contribution is -0.348. The van der Waals surface area contributed by atoms with Gasteiger partial charge in [-0.15, -0.1) is 0 Å². The number of carbonyl (C=O) groups excluding carboxylic acids is 1. The van der Waals surface area contributed by atoms with Gasteiger partial charge in [0.1, 0.15) is 0 Å². The molecule has 1 amide bonds. The predicted octanol–water partition coefficient (Wildman–Crippen LogP) is 6.58. The van der Waals surface area contributed by atoms with E-state index in [0.717, 1.165) is 38.2 Å². The van der Waals surface area contributed by atoms with Gasteiger partial charge in [-0.05, 0) is 43.2 Å². The van der Waals surface area contributed by atoms with Gasteiger partial charge in [0.15, 0.2) is 0 Å². The van der Waals surface area contributed by atoms with Gasteiger partial charge in [0.2, 0.25) is 5.91 Å². The van der Waals surface area contributed by atoms with Crippen LogP contribution >= 0.6 is 0 Å². The van der Waals surface area contributed by atoms with Crippen LogP contribution in [0.3, 0.4) is 0 Å². The average molecular weight is 465 g/mol. The SMILES string of the molecule is CC1(C(=O)N2CCC3c4ccc(C(F)(C(F)(F)F)C(F)(F)F)cc4CCC32)CCCCC1. The number of amides is 1. The van der Waals surface area contributed by atoms with E-state index in [1.54, 1.807) is 0 Å². The van der Waals surface area contributed by atoms with Crippen LogP contribution in [0.5, 0.6) is 0 Å². The summed E-state index contributed by atoms with van der Waals surface area (Å²) < 4.78 is 93.4. The van der Waals surface area contributed by atoms with E-state index in [-0.39, 0.29) is 24.3 Å². The molecule has 0 aromatic heterocycles. The maximum atomic E-state index is 14.5. The lowest BCUT2D eigenvalue weighted by Gasteiger charge is -2.40. The Balaban J connectivity index is 1.62. The monoisotopic (exact) mass is 465 g/mol. The Hall–Kier alpha value is -1.80. The van der Waals surface area contributed by atoms with Crippen molar-refractivity contribution in [3.8, 4) is 0 Å². The molecule has 1 aliphatic heterocycles. The molecule has 1 aromatic carbocycles. The molecule has 32 heavy (non-hydrogen) atoms. The second kappa shape index (κ2) is 7.62. The largest absolute Gasteiger partial charge is 0.435 e. The number of hydrogen-bond donors (Lipinski definition) is 0. The molecule has 2 unspecified atom stereocenters. The van der Waals surface area contributed by atoms with E-state index < -0.39 is 29.0 Å². The van der Waals surface area contributed by atoms with Crippen molar-refractivity contribution in [3.05, 3.63) is 34.9 Å². The standard InChI is InChI=1S/C23H26F7NO/c1-20(10-3-2-4-11-20)19(32)31-12-9-17-16-7-6-15(13-14(16)5-8-18(17)31)21(24,22(25,26)27)23(28,29)30/h6-7,13,17-18H,2-5,8-12H2,1H3. The summed E-state index contributed by atoms with van der Waals surface area (Å²) in [7, 11) is 0. The fourth-order valence-electron chi connectivity index (χ4n) is 5.91. The minimum atomic E-state index is -6.12. The average Bonchev–Trinajstić information content (AvgIpc) is 3.15. The topological polar surface area (TPSA) is 20.3 Å². The zero-order valence-electron chi connectivity index (χ0n) is 17.8. The molecule has 0 radical (unpaired) electrons. The molecule has 0 spiro atoms. The second-order valence-electron chi connectivity index (χ2n) is 9.69. The molecule has 178 valence electrons. The second-order valence-corrected chi connectivity index (χ2v) is 9.69. The molecule has 1 heterocycles. The Morgan fingerprint density at radius 1 is 0.969 bits per heavy atom. The number of fused-ring (bicyclic) bond motifs is 3. The first-order chi connectivity index (χ1) is 14.8. The zero-order valence-corrected chi connectivity index (χ0v) is 17.8. The number of aryl methyl sites for hydroxylation is 1. The minimum absolute atomic E-state index is 0.0988. The molecule has 3 aliphatic rings. The van der Waals surface area contributed by atoms with Gasteiger partial charge >= 0.3 is 18.0 Å². The van der Waals surface area contributed by atoms with Crippen molar-refractivity contribution in [2.45, 2.75) is 88.3 Å². The van der Waals surface area contributed by atoms with E-state index in [1.807, 2.05) is 11.8 Å². The van der Waals surface area contributed by atoms with Gasteiger partial charge in [0, 0.05) is 29.5 Å².